The van der Waals surface area contributed by atoms with E-state index in [1.54, 1.807) is 6.07 Å². The van der Waals surface area contributed by atoms with Gasteiger partial charge in [0.05, 0.1) is 17.4 Å². The second-order valence-corrected chi connectivity index (χ2v) is 5.03. The van der Waals surface area contributed by atoms with Crippen molar-refractivity contribution in [3.8, 4) is 0 Å². The first kappa shape index (κ1) is 13.9. The van der Waals surface area contributed by atoms with Gasteiger partial charge in [0.1, 0.15) is 0 Å². The molecule has 4 nitrogen and oxygen atoms in total. The van der Waals surface area contributed by atoms with Gasteiger partial charge in [-0.3, -0.25) is 0 Å². The van der Waals surface area contributed by atoms with E-state index in [0.29, 0.717) is 5.56 Å². The number of ether oxygens (including phenoxy) is 1. The monoisotopic (exact) mass is 263 g/mol. The van der Waals surface area contributed by atoms with E-state index in [4.69, 9.17) is 4.74 Å². The minimum Gasteiger partial charge on any atom is -0.478 e. The summed E-state index contributed by atoms with van der Waals surface area (Å²) in [5, 5.41) is 9.32. The first-order chi connectivity index (χ1) is 9.11. The molecule has 104 valence electrons. The van der Waals surface area contributed by atoms with Gasteiger partial charge in [0, 0.05) is 19.7 Å². The molecule has 0 aliphatic carbocycles. The van der Waals surface area contributed by atoms with Crippen LogP contribution in [0.1, 0.15) is 35.7 Å². The van der Waals surface area contributed by atoms with Crippen molar-refractivity contribution in [2.45, 2.75) is 32.8 Å². The maximum absolute atomic E-state index is 11.4. The van der Waals surface area contributed by atoms with Crippen LogP contribution < -0.4 is 4.90 Å². The average Bonchev–Trinajstić information content (AvgIpc) is 2.63. The molecule has 4 heteroatoms. The van der Waals surface area contributed by atoms with E-state index in [9.17, 15) is 9.90 Å². The number of benzene rings is 1. The summed E-state index contributed by atoms with van der Waals surface area (Å²) >= 11 is 0. The van der Waals surface area contributed by atoms with Gasteiger partial charge in [0.2, 0.25) is 0 Å². The summed E-state index contributed by atoms with van der Waals surface area (Å²) in [5.74, 6) is -0.867. The topological polar surface area (TPSA) is 49.8 Å². The number of carbonyl (C=O) groups is 1. The summed E-state index contributed by atoms with van der Waals surface area (Å²) in [6, 6.07) is 5.50. The van der Waals surface area contributed by atoms with Gasteiger partial charge in [-0.05, 0) is 37.5 Å². The van der Waals surface area contributed by atoms with Crippen molar-refractivity contribution in [1.82, 2.24) is 0 Å². The van der Waals surface area contributed by atoms with Gasteiger partial charge < -0.3 is 14.7 Å². The fourth-order valence-electron chi connectivity index (χ4n) is 2.45. The van der Waals surface area contributed by atoms with Gasteiger partial charge in [-0.25, -0.2) is 4.79 Å². The van der Waals surface area contributed by atoms with Gasteiger partial charge in [0.15, 0.2) is 0 Å². The van der Waals surface area contributed by atoms with E-state index in [1.807, 2.05) is 19.1 Å². The van der Waals surface area contributed by atoms with Gasteiger partial charge in [-0.15, -0.1) is 0 Å². The Hall–Kier alpha value is -1.55. The molecule has 2 rings (SSSR count). The third-order valence-electron chi connectivity index (χ3n) is 3.53. The molecule has 1 aliphatic heterocycles. The van der Waals surface area contributed by atoms with Crippen LogP contribution in [0.3, 0.4) is 0 Å². The smallest absolute Gasteiger partial charge is 0.337 e. The zero-order valence-corrected chi connectivity index (χ0v) is 11.6. The van der Waals surface area contributed by atoms with Crippen LogP contribution in [0.15, 0.2) is 18.2 Å². The van der Waals surface area contributed by atoms with Crippen molar-refractivity contribution < 1.29 is 14.6 Å². The lowest BCUT2D eigenvalue weighted by Gasteiger charge is -2.27. The Morgan fingerprint density at radius 3 is 3.00 bits per heavy atom. The number of carboxylic acids is 1. The Kier molecular flexibility index (Phi) is 4.43. The summed E-state index contributed by atoms with van der Waals surface area (Å²) in [4.78, 5) is 13.5. The molecule has 0 amide bonds. The summed E-state index contributed by atoms with van der Waals surface area (Å²) in [5.41, 5.74) is 2.28. The quantitative estimate of drug-likeness (QED) is 0.911. The average molecular weight is 263 g/mol. The fraction of sp³-hybridized carbons (Fsp3) is 0.533. The van der Waals surface area contributed by atoms with E-state index >= 15 is 0 Å². The standard InChI is InChI=1S/C15H21NO3/c1-3-12-10-16(7-4-8-19-12)14-9-11(2)5-6-13(14)15(17)18/h5-6,9,12H,3-4,7-8,10H2,1-2H3,(H,17,18). The number of hydrogen-bond acceptors (Lipinski definition) is 3. The molecule has 1 aromatic carbocycles. The lowest BCUT2D eigenvalue weighted by Crippen LogP contribution is -2.32. The molecule has 1 unspecified atom stereocenters. The van der Waals surface area contributed by atoms with Crippen LogP contribution in [0.4, 0.5) is 5.69 Å². The molecule has 1 aliphatic rings. The zero-order chi connectivity index (χ0) is 13.8. The third-order valence-corrected chi connectivity index (χ3v) is 3.53. The van der Waals surface area contributed by atoms with Crippen molar-refractivity contribution in [3.05, 3.63) is 29.3 Å². The number of aryl methyl sites for hydroxylation is 1. The molecule has 0 aromatic heterocycles. The summed E-state index contributed by atoms with van der Waals surface area (Å²) < 4.78 is 5.75. The number of anilines is 1. The summed E-state index contributed by atoms with van der Waals surface area (Å²) in [7, 11) is 0. The normalized spacial score (nSPS) is 20.1. The predicted molar refractivity (Wildman–Crippen MR) is 75.0 cm³/mol. The number of rotatable bonds is 3. The molecule has 0 spiro atoms. The minimum absolute atomic E-state index is 0.185. The fourth-order valence-corrected chi connectivity index (χ4v) is 2.45. The van der Waals surface area contributed by atoms with E-state index < -0.39 is 5.97 Å². The molecule has 1 fully saturated rings. The first-order valence-electron chi connectivity index (χ1n) is 6.82. The predicted octanol–water partition coefficient (Wildman–Crippen LogP) is 2.70. The van der Waals surface area contributed by atoms with Gasteiger partial charge in [-0.2, -0.15) is 0 Å². The Morgan fingerprint density at radius 1 is 1.53 bits per heavy atom. The molecule has 0 bridgehead atoms. The van der Waals surface area contributed by atoms with Gasteiger partial charge in [-0.1, -0.05) is 13.0 Å². The highest BCUT2D eigenvalue weighted by molar-refractivity contribution is 5.94. The lowest BCUT2D eigenvalue weighted by molar-refractivity contribution is 0.0660. The van der Waals surface area contributed by atoms with Gasteiger partial charge >= 0.3 is 5.97 Å². The van der Waals surface area contributed by atoms with Crippen LogP contribution in [0.2, 0.25) is 0 Å². The maximum Gasteiger partial charge on any atom is 0.337 e. The highest BCUT2D eigenvalue weighted by atomic mass is 16.5. The number of carboxylic acid groups (broad SMARTS) is 1. The highest BCUT2D eigenvalue weighted by Gasteiger charge is 2.21. The van der Waals surface area contributed by atoms with Crippen molar-refractivity contribution in [3.63, 3.8) is 0 Å². The molecule has 1 heterocycles. The largest absolute Gasteiger partial charge is 0.478 e. The zero-order valence-electron chi connectivity index (χ0n) is 11.6. The molecular formula is C15H21NO3. The minimum atomic E-state index is -0.867. The SMILES string of the molecule is CCC1CN(c2cc(C)ccc2C(=O)O)CCCO1. The highest BCUT2D eigenvalue weighted by Crippen LogP contribution is 2.25. The Bertz CT molecular complexity index is 459. The molecule has 1 aromatic rings. The van der Waals surface area contributed by atoms with Crippen LogP contribution in [-0.4, -0.2) is 36.9 Å². The summed E-state index contributed by atoms with van der Waals surface area (Å²) in [6.07, 6.45) is 2.07. The van der Waals surface area contributed by atoms with Crippen LogP contribution in [-0.2, 0) is 4.74 Å². The van der Waals surface area contributed by atoms with Crippen molar-refractivity contribution >= 4 is 11.7 Å². The first-order valence-corrected chi connectivity index (χ1v) is 6.82. The molecule has 0 saturated carbocycles. The van der Waals surface area contributed by atoms with Crippen molar-refractivity contribution in [2.75, 3.05) is 24.6 Å². The third kappa shape index (κ3) is 3.26. The Balaban J connectivity index is 2.33. The van der Waals surface area contributed by atoms with E-state index in [-0.39, 0.29) is 6.10 Å². The molecule has 0 radical (unpaired) electrons. The van der Waals surface area contributed by atoms with E-state index in [2.05, 4.69) is 11.8 Å². The van der Waals surface area contributed by atoms with Gasteiger partial charge in [0.25, 0.3) is 0 Å². The van der Waals surface area contributed by atoms with Crippen molar-refractivity contribution in [2.24, 2.45) is 0 Å². The molecule has 1 atom stereocenters. The second-order valence-electron chi connectivity index (χ2n) is 5.03. The summed E-state index contributed by atoms with van der Waals surface area (Å²) in [6.45, 7) is 6.45. The second kappa shape index (κ2) is 6.06. The number of hydrogen-bond donors (Lipinski definition) is 1. The van der Waals surface area contributed by atoms with Crippen LogP contribution in [0, 0.1) is 6.92 Å². The van der Waals surface area contributed by atoms with Crippen LogP contribution in [0.5, 0.6) is 0 Å². The van der Waals surface area contributed by atoms with Crippen molar-refractivity contribution in [1.29, 1.82) is 0 Å². The molecular weight excluding hydrogens is 242 g/mol. The maximum atomic E-state index is 11.4. The van der Waals surface area contributed by atoms with E-state index in [1.165, 1.54) is 0 Å². The van der Waals surface area contributed by atoms with Crippen LogP contribution in [0.25, 0.3) is 0 Å². The number of aromatic carboxylic acids is 1. The molecule has 1 N–H and O–H groups in total. The molecule has 19 heavy (non-hydrogen) atoms. The Morgan fingerprint density at radius 2 is 2.32 bits per heavy atom. The molecule has 1 saturated heterocycles. The number of nitrogens with zero attached hydrogens (tertiary/aromatic N) is 1. The Labute approximate surface area is 114 Å². The lowest BCUT2D eigenvalue weighted by atomic mass is 10.1. The van der Waals surface area contributed by atoms with E-state index in [0.717, 1.165) is 43.8 Å². The van der Waals surface area contributed by atoms with Crippen LogP contribution >= 0.6 is 0 Å².